The number of carbonyl (C=O) groups excluding carboxylic acids is 1. The number of halogens is 2. The SMILES string of the molecule is COC(=O)C1C(COCc2c(Cl)cccc2Cl)C1(C)C. The molecule has 0 radical (unpaired) electrons. The van der Waals surface area contributed by atoms with E-state index in [4.69, 9.17) is 32.7 Å². The van der Waals surface area contributed by atoms with Crippen LogP contribution < -0.4 is 0 Å². The molecule has 0 spiro atoms. The van der Waals surface area contributed by atoms with Crippen molar-refractivity contribution >= 4 is 29.2 Å². The van der Waals surface area contributed by atoms with Crippen LogP contribution in [0.15, 0.2) is 18.2 Å². The van der Waals surface area contributed by atoms with Gasteiger partial charge in [-0.2, -0.15) is 0 Å². The normalized spacial score (nSPS) is 23.4. The molecule has 1 aromatic rings. The minimum Gasteiger partial charge on any atom is -0.469 e. The van der Waals surface area contributed by atoms with Crippen LogP contribution in [-0.4, -0.2) is 19.7 Å². The van der Waals surface area contributed by atoms with E-state index in [-0.39, 0.29) is 23.2 Å². The zero-order valence-corrected chi connectivity index (χ0v) is 13.3. The molecular weight excluding hydrogens is 299 g/mol. The molecule has 0 amide bonds. The first-order valence-corrected chi connectivity index (χ1v) is 7.23. The number of ether oxygens (including phenoxy) is 2. The quantitative estimate of drug-likeness (QED) is 0.771. The summed E-state index contributed by atoms with van der Waals surface area (Å²) >= 11 is 12.2. The lowest BCUT2D eigenvalue weighted by Gasteiger charge is -2.08. The fraction of sp³-hybridized carbons (Fsp3) is 0.533. The number of carbonyl (C=O) groups is 1. The van der Waals surface area contributed by atoms with Crippen LogP contribution in [0.3, 0.4) is 0 Å². The Labute approximate surface area is 129 Å². The van der Waals surface area contributed by atoms with Crippen molar-refractivity contribution in [3.05, 3.63) is 33.8 Å². The molecule has 2 rings (SSSR count). The van der Waals surface area contributed by atoms with E-state index < -0.39 is 0 Å². The Hall–Kier alpha value is -0.770. The fourth-order valence-corrected chi connectivity index (χ4v) is 3.11. The summed E-state index contributed by atoms with van der Waals surface area (Å²) in [5.74, 6) is -0.0789. The maximum atomic E-state index is 11.6. The van der Waals surface area contributed by atoms with Crippen molar-refractivity contribution in [2.24, 2.45) is 17.3 Å². The van der Waals surface area contributed by atoms with Gasteiger partial charge in [-0.05, 0) is 17.5 Å². The van der Waals surface area contributed by atoms with Gasteiger partial charge in [0.1, 0.15) is 0 Å². The summed E-state index contributed by atoms with van der Waals surface area (Å²) in [6, 6.07) is 5.36. The predicted octanol–water partition coefficient (Wildman–Crippen LogP) is 3.96. The van der Waals surface area contributed by atoms with E-state index >= 15 is 0 Å². The minimum absolute atomic E-state index is 0.0721. The van der Waals surface area contributed by atoms with Crippen molar-refractivity contribution in [3.63, 3.8) is 0 Å². The maximum Gasteiger partial charge on any atom is 0.309 e. The molecule has 0 saturated heterocycles. The average molecular weight is 317 g/mol. The van der Waals surface area contributed by atoms with Gasteiger partial charge in [0.2, 0.25) is 0 Å². The topological polar surface area (TPSA) is 35.5 Å². The Balaban J connectivity index is 1.90. The van der Waals surface area contributed by atoms with Crippen LogP contribution in [0.25, 0.3) is 0 Å². The molecule has 3 nitrogen and oxygen atoms in total. The van der Waals surface area contributed by atoms with Crippen molar-refractivity contribution in [1.29, 1.82) is 0 Å². The number of methoxy groups -OCH3 is 1. The highest BCUT2D eigenvalue weighted by Gasteiger charge is 2.62. The second-order valence-corrected chi connectivity index (χ2v) is 6.46. The number of hydrogen-bond donors (Lipinski definition) is 0. The van der Waals surface area contributed by atoms with Crippen molar-refractivity contribution < 1.29 is 14.3 Å². The lowest BCUT2D eigenvalue weighted by atomic mass is 10.1. The van der Waals surface area contributed by atoms with E-state index in [1.54, 1.807) is 18.2 Å². The summed E-state index contributed by atoms with van der Waals surface area (Å²) in [5.41, 5.74) is 0.709. The third kappa shape index (κ3) is 2.95. The van der Waals surface area contributed by atoms with Gasteiger partial charge in [0.05, 0.1) is 26.2 Å². The van der Waals surface area contributed by atoms with Crippen molar-refractivity contribution in [2.45, 2.75) is 20.5 Å². The van der Waals surface area contributed by atoms with Gasteiger partial charge in [0, 0.05) is 21.5 Å². The smallest absolute Gasteiger partial charge is 0.309 e. The molecule has 1 aliphatic carbocycles. The number of rotatable bonds is 5. The van der Waals surface area contributed by atoms with Gasteiger partial charge in [-0.25, -0.2) is 0 Å². The highest BCUT2D eigenvalue weighted by atomic mass is 35.5. The standard InChI is InChI=1S/C15H18Cl2O3/c1-15(2)10(13(15)14(18)19-3)8-20-7-9-11(16)5-4-6-12(9)17/h4-6,10,13H,7-8H2,1-3H3. The van der Waals surface area contributed by atoms with E-state index in [2.05, 4.69) is 0 Å². The van der Waals surface area contributed by atoms with Gasteiger partial charge in [0.15, 0.2) is 0 Å². The molecule has 1 saturated carbocycles. The lowest BCUT2D eigenvalue weighted by Crippen LogP contribution is -2.08. The van der Waals surface area contributed by atoms with E-state index in [1.807, 2.05) is 13.8 Å². The molecule has 0 aliphatic heterocycles. The Morgan fingerprint density at radius 3 is 2.45 bits per heavy atom. The summed E-state index contributed by atoms with van der Waals surface area (Å²) < 4.78 is 10.5. The highest BCUT2D eigenvalue weighted by Crippen LogP contribution is 2.58. The summed E-state index contributed by atoms with van der Waals surface area (Å²) in [6.45, 7) is 4.93. The van der Waals surface area contributed by atoms with Crippen molar-refractivity contribution in [2.75, 3.05) is 13.7 Å². The van der Waals surface area contributed by atoms with E-state index in [0.717, 1.165) is 5.56 Å². The van der Waals surface area contributed by atoms with Crippen LogP contribution in [0.1, 0.15) is 19.4 Å². The molecule has 2 atom stereocenters. The first kappa shape index (κ1) is 15.6. The van der Waals surface area contributed by atoms with Crippen molar-refractivity contribution in [1.82, 2.24) is 0 Å². The van der Waals surface area contributed by atoms with Crippen LogP contribution in [0.2, 0.25) is 10.0 Å². The van der Waals surface area contributed by atoms with Crippen LogP contribution >= 0.6 is 23.2 Å². The monoisotopic (exact) mass is 316 g/mol. The van der Waals surface area contributed by atoms with Gasteiger partial charge >= 0.3 is 5.97 Å². The molecule has 20 heavy (non-hydrogen) atoms. The maximum absolute atomic E-state index is 11.6. The highest BCUT2D eigenvalue weighted by molar-refractivity contribution is 6.35. The molecule has 2 unspecified atom stereocenters. The predicted molar refractivity (Wildman–Crippen MR) is 78.9 cm³/mol. The lowest BCUT2D eigenvalue weighted by molar-refractivity contribution is -0.143. The summed E-state index contributed by atoms with van der Waals surface area (Å²) in [7, 11) is 1.41. The third-order valence-corrected chi connectivity index (χ3v) is 4.82. The van der Waals surface area contributed by atoms with Gasteiger partial charge in [-0.15, -0.1) is 0 Å². The molecular formula is C15H18Cl2O3. The summed E-state index contributed by atoms with van der Waals surface area (Å²) in [6.07, 6.45) is 0. The molecule has 5 heteroatoms. The Bertz CT molecular complexity index is 494. The third-order valence-electron chi connectivity index (χ3n) is 4.11. The van der Waals surface area contributed by atoms with Gasteiger partial charge in [0.25, 0.3) is 0 Å². The second-order valence-electron chi connectivity index (χ2n) is 5.64. The van der Waals surface area contributed by atoms with Gasteiger partial charge in [-0.1, -0.05) is 43.1 Å². The Kier molecular flexibility index (Phi) is 4.62. The van der Waals surface area contributed by atoms with Crippen LogP contribution in [0.5, 0.6) is 0 Å². The van der Waals surface area contributed by atoms with Crippen LogP contribution in [0, 0.1) is 17.3 Å². The van der Waals surface area contributed by atoms with Gasteiger partial charge in [-0.3, -0.25) is 4.79 Å². The molecule has 0 aromatic heterocycles. The molecule has 110 valence electrons. The largest absolute Gasteiger partial charge is 0.469 e. The fourth-order valence-electron chi connectivity index (χ4n) is 2.61. The van der Waals surface area contributed by atoms with Crippen LogP contribution in [-0.2, 0) is 20.9 Å². The molecule has 0 N–H and O–H groups in total. The number of esters is 1. The van der Waals surface area contributed by atoms with E-state index in [1.165, 1.54) is 7.11 Å². The zero-order valence-electron chi connectivity index (χ0n) is 11.8. The summed E-state index contributed by atoms with van der Waals surface area (Å²) in [5, 5.41) is 1.19. The van der Waals surface area contributed by atoms with E-state index in [0.29, 0.717) is 23.3 Å². The van der Waals surface area contributed by atoms with E-state index in [9.17, 15) is 4.79 Å². The van der Waals surface area contributed by atoms with Crippen LogP contribution in [0.4, 0.5) is 0 Å². The first-order chi connectivity index (χ1) is 9.39. The molecule has 1 aromatic carbocycles. The Morgan fingerprint density at radius 1 is 1.30 bits per heavy atom. The average Bonchev–Trinajstić information content (AvgIpc) is 2.94. The van der Waals surface area contributed by atoms with Gasteiger partial charge < -0.3 is 9.47 Å². The first-order valence-electron chi connectivity index (χ1n) is 6.48. The number of benzene rings is 1. The minimum atomic E-state index is -0.167. The molecule has 0 heterocycles. The molecule has 0 bridgehead atoms. The molecule has 1 fully saturated rings. The Morgan fingerprint density at radius 2 is 1.90 bits per heavy atom. The van der Waals surface area contributed by atoms with Crippen molar-refractivity contribution in [3.8, 4) is 0 Å². The number of hydrogen-bond acceptors (Lipinski definition) is 3. The molecule has 1 aliphatic rings. The zero-order chi connectivity index (χ0) is 14.9. The summed E-state index contributed by atoms with van der Waals surface area (Å²) in [4.78, 5) is 11.6. The second kappa shape index (κ2) is 5.92.